The highest BCUT2D eigenvalue weighted by Gasteiger charge is 2.21. The largest absolute Gasteiger partial charge is 0.493 e. The van der Waals surface area contributed by atoms with Gasteiger partial charge in [-0.1, -0.05) is 43.7 Å². The lowest BCUT2D eigenvalue weighted by Crippen LogP contribution is -2.18. The Morgan fingerprint density at radius 3 is 2.54 bits per heavy atom. The summed E-state index contributed by atoms with van der Waals surface area (Å²) in [4.78, 5) is 2.12. The molecule has 0 spiro atoms. The molecular formula is C25H32N2O. The molecule has 3 heteroatoms. The van der Waals surface area contributed by atoms with E-state index in [2.05, 4.69) is 73.4 Å². The standard InChI is InChI=1S/C25H32N2O/c1-4-6-10-21(9-5-2)26-22-15-13-20(14-16-22)17-18-28-25-12-8-7-11-23(25)24-19-27(24)3/h4,7-8,11-16,19,21,26H,1,5-6,9-10,17-18H2,2-3H3. The molecule has 1 atom stereocenters. The maximum Gasteiger partial charge on any atom is 0.128 e. The Balaban J connectivity index is 1.50. The van der Waals surface area contributed by atoms with Gasteiger partial charge >= 0.3 is 0 Å². The molecule has 1 heterocycles. The molecule has 0 bridgehead atoms. The van der Waals surface area contributed by atoms with Gasteiger partial charge in [0.05, 0.1) is 12.3 Å². The van der Waals surface area contributed by atoms with E-state index >= 15 is 0 Å². The van der Waals surface area contributed by atoms with Gasteiger partial charge in [0.15, 0.2) is 0 Å². The van der Waals surface area contributed by atoms with Gasteiger partial charge in [-0.2, -0.15) is 0 Å². The van der Waals surface area contributed by atoms with Crippen molar-refractivity contribution in [3.8, 4) is 5.75 Å². The quantitative estimate of drug-likeness (QED) is 0.453. The van der Waals surface area contributed by atoms with Gasteiger partial charge in [-0.3, -0.25) is 0 Å². The predicted molar refractivity (Wildman–Crippen MR) is 120 cm³/mol. The molecule has 2 aromatic rings. The molecule has 1 aliphatic heterocycles. The highest BCUT2D eigenvalue weighted by atomic mass is 16.5. The van der Waals surface area contributed by atoms with E-state index in [1.807, 2.05) is 18.2 Å². The molecule has 1 unspecified atom stereocenters. The molecule has 0 saturated heterocycles. The van der Waals surface area contributed by atoms with Crippen LogP contribution < -0.4 is 10.1 Å². The van der Waals surface area contributed by atoms with E-state index in [0.29, 0.717) is 12.6 Å². The second kappa shape index (κ2) is 10.0. The normalized spacial score (nSPS) is 13.6. The van der Waals surface area contributed by atoms with Crippen molar-refractivity contribution in [3.05, 3.63) is 78.5 Å². The van der Waals surface area contributed by atoms with E-state index in [1.54, 1.807) is 0 Å². The number of rotatable bonds is 12. The van der Waals surface area contributed by atoms with Gasteiger partial charge < -0.3 is 15.0 Å². The zero-order valence-corrected chi connectivity index (χ0v) is 17.2. The van der Waals surface area contributed by atoms with Crippen LogP contribution in [0.2, 0.25) is 0 Å². The van der Waals surface area contributed by atoms with Crippen molar-refractivity contribution in [1.82, 2.24) is 4.90 Å². The molecule has 28 heavy (non-hydrogen) atoms. The van der Waals surface area contributed by atoms with E-state index in [9.17, 15) is 0 Å². The monoisotopic (exact) mass is 376 g/mol. The van der Waals surface area contributed by atoms with Gasteiger partial charge in [0.1, 0.15) is 5.75 Å². The van der Waals surface area contributed by atoms with Crippen LogP contribution in [-0.2, 0) is 6.42 Å². The van der Waals surface area contributed by atoms with Crippen molar-refractivity contribution in [2.24, 2.45) is 0 Å². The molecule has 2 aromatic carbocycles. The minimum absolute atomic E-state index is 0.517. The third kappa shape index (κ3) is 5.66. The molecule has 3 nitrogen and oxygen atoms in total. The van der Waals surface area contributed by atoms with Crippen molar-refractivity contribution in [2.75, 3.05) is 19.0 Å². The molecule has 0 radical (unpaired) electrons. The Labute approximate surface area is 169 Å². The fourth-order valence-electron chi connectivity index (χ4n) is 3.46. The van der Waals surface area contributed by atoms with Crippen LogP contribution in [0.1, 0.15) is 43.7 Å². The third-order valence-corrected chi connectivity index (χ3v) is 5.12. The summed E-state index contributed by atoms with van der Waals surface area (Å²) in [6.45, 7) is 6.76. The van der Waals surface area contributed by atoms with Crippen LogP contribution in [0.3, 0.4) is 0 Å². The summed E-state index contributed by atoms with van der Waals surface area (Å²) in [7, 11) is 2.06. The van der Waals surface area contributed by atoms with Gasteiger partial charge in [0.25, 0.3) is 0 Å². The van der Waals surface area contributed by atoms with Crippen molar-refractivity contribution < 1.29 is 4.74 Å². The first-order valence-electron chi connectivity index (χ1n) is 10.3. The van der Waals surface area contributed by atoms with Gasteiger partial charge in [-0.25, -0.2) is 0 Å². The summed E-state index contributed by atoms with van der Waals surface area (Å²) < 4.78 is 6.07. The topological polar surface area (TPSA) is 24.3 Å². The minimum Gasteiger partial charge on any atom is -0.493 e. The highest BCUT2D eigenvalue weighted by Crippen LogP contribution is 2.35. The van der Waals surface area contributed by atoms with Crippen LogP contribution in [0, 0.1) is 0 Å². The van der Waals surface area contributed by atoms with E-state index in [1.165, 1.54) is 35.4 Å². The maximum absolute atomic E-state index is 6.07. The number of allylic oxidation sites excluding steroid dienone is 1. The lowest BCUT2D eigenvalue weighted by atomic mass is 10.1. The Bertz CT molecular complexity index is 794. The second-order valence-corrected chi connectivity index (χ2v) is 7.41. The number of ether oxygens (including phenoxy) is 1. The number of anilines is 1. The van der Waals surface area contributed by atoms with Gasteiger partial charge in [-0.05, 0) is 49.1 Å². The summed E-state index contributed by atoms with van der Waals surface area (Å²) in [5.74, 6) is 0.959. The zero-order valence-electron chi connectivity index (χ0n) is 17.2. The lowest BCUT2D eigenvalue weighted by Gasteiger charge is -2.19. The molecule has 0 aliphatic carbocycles. The fraction of sp³-hybridized carbons (Fsp3) is 0.360. The Morgan fingerprint density at radius 2 is 1.86 bits per heavy atom. The number of benzene rings is 2. The number of hydrogen-bond acceptors (Lipinski definition) is 3. The van der Waals surface area contributed by atoms with Crippen LogP contribution in [0.5, 0.6) is 5.75 Å². The smallest absolute Gasteiger partial charge is 0.128 e. The van der Waals surface area contributed by atoms with Crippen molar-refractivity contribution in [1.29, 1.82) is 0 Å². The lowest BCUT2D eigenvalue weighted by molar-refractivity contribution is 0.321. The summed E-state index contributed by atoms with van der Waals surface area (Å²) in [5.41, 5.74) is 4.90. The molecule has 1 aliphatic rings. The molecule has 1 N–H and O–H groups in total. The third-order valence-electron chi connectivity index (χ3n) is 5.12. The average Bonchev–Trinajstić information content (AvgIpc) is 3.44. The second-order valence-electron chi connectivity index (χ2n) is 7.41. The summed E-state index contributed by atoms with van der Waals surface area (Å²) in [5, 5.41) is 3.66. The molecule has 3 rings (SSSR count). The fourth-order valence-corrected chi connectivity index (χ4v) is 3.46. The van der Waals surface area contributed by atoms with Crippen LogP contribution in [-0.4, -0.2) is 24.6 Å². The van der Waals surface area contributed by atoms with Gasteiger partial charge in [-0.15, -0.1) is 6.58 Å². The molecule has 0 aromatic heterocycles. The molecule has 148 valence electrons. The van der Waals surface area contributed by atoms with Crippen LogP contribution >= 0.6 is 0 Å². The Morgan fingerprint density at radius 1 is 1.11 bits per heavy atom. The molecule has 0 amide bonds. The maximum atomic E-state index is 6.07. The van der Waals surface area contributed by atoms with E-state index in [0.717, 1.165) is 25.0 Å². The number of para-hydroxylation sites is 1. The summed E-state index contributed by atoms with van der Waals surface area (Å²) in [6.07, 6.45) is 9.60. The van der Waals surface area contributed by atoms with Crippen molar-refractivity contribution in [2.45, 2.75) is 45.1 Å². The first-order valence-corrected chi connectivity index (χ1v) is 10.3. The minimum atomic E-state index is 0.517. The number of nitrogens with zero attached hydrogens (tertiary/aromatic N) is 1. The first-order chi connectivity index (χ1) is 13.7. The van der Waals surface area contributed by atoms with Gasteiger partial charge in [0, 0.05) is 37.0 Å². The molecular weight excluding hydrogens is 344 g/mol. The Kier molecular flexibility index (Phi) is 7.18. The van der Waals surface area contributed by atoms with Crippen molar-refractivity contribution >= 4 is 11.4 Å². The summed E-state index contributed by atoms with van der Waals surface area (Å²) in [6, 6.07) is 17.5. The highest BCUT2D eigenvalue weighted by molar-refractivity contribution is 5.77. The predicted octanol–water partition coefficient (Wildman–Crippen LogP) is 6.10. The van der Waals surface area contributed by atoms with Crippen molar-refractivity contribution in [3.63, 3.8) is 0 Å². The zero-order chi connectivity index (χ0) is 19.8. The van der Waals surface area contributed by atoms with E-state index in [-0.39, 0.29) is 0 Å². The first kappa shape index (κ1) is 20.1. The summed E-state index contributed by atoms with van der Waals surface area (Å²) >= 11 is 0. The average molecular weight is 377 g/mol. The van der Waals surface area contributed by atoms with E-state index in [4.69, 9.17) is 4.74 Å². The number of hydrogen-bond donors (Lipinski definition) is 1. The SMILES string of the molecule is C=CCCC(CCC)Nc1ccc(CCOc2ccccc2C2=CN2C)cc1. The molecule has 0 fully saturated rings. The van der Waals surface area contributed by atoms with Crippen LogP contribution in [0.4, 0.5) is 5.69 Å². The Hall–Kier alpha value is -2.68. The number of nitrogens with one attached hydrogen (secondary N) is 1. The van der Waals surface area contributed by atoms with Crippen LogP contribution in [0.15, 0.2) is 67.4 Å². The van der Waals surface area contributed by atoms with E-state index < -0.39 is 0 Å². The molecule has 0 saturated carbocycles. The van der Waals surface area contributed by atoms with Crippen LogP contribution in [0.25, 0.3) is 5.70 Å². The van der Waals surface area contributed by atoms with Gasteiger partial charge in [0.2, 0.25) is 0 Å².